The number of carbonyl (C=O) groups excluding carboxylic acids is 1. The Morgan fingerprint density at radius 1 is 1.30 bits per heavy atom. The molecule has 0 aliphatic carbocycles. The molecule has 0 saturated heterocycles. The van der Waals surface area contributed by atoms with Crippen LogP contribution in [0, 0.1) is 0 Å². The van der Waals surface area contributed by atoms with Crippen LogP contribution in [0.5, 0.6) is 5.75 Å². The highest BCUT2D eigenvalue weighted by Crippen LogP contribution is 2.23. The molecule has 0 fully saturated rings. The summed E-state index contributed by atoms with van der Waals surface area (Å²) in [5.74, 6) is -0.401. The van der Waals surface area contributed by atoms with Crippen molar-refractivity contribution in [2.45, 2.75) is 0 Å². The van der Waals surface area contributed by atoms with E-state index in [0.717, 1.165) is 0 Å². The molecule has 0 atom stereocenters. The van der Waals surface area contributed by atoms with Crippen molar-refractivity contribution in [3.05, 3.63) is 58.6 Å². The third-order valence-corrected chi connectivity index (χ3v) is 2.88. The number of phenolic OH excluding ortho intramolecular Hbond substituents is 1. The Morgan fingerprint density at radius 2 is 2.05 bits per heavy atom. The number of methoxy groups -OCH3 is 1. The Morgan fingerprint density at radius 3 is 2.80 bits per heavy atom. The highest BCUT2D eigenvalue weighted by Gasteiger charge is 2.09. The SMILES string of the molecule is COC(=O)c1ccccc1N=Cc1cc(Cl)ccc1O. The summed E-state index contributed by atoms with van der Waals surface area (Å²) >= 11 is 5.86. The lowest BCUT2D eigenvalue weighted by Gasteiger charge is -2.03. The smallest absolute Gasteiger partial charge is 0.340 e. The topological polar surface area (TPSA) is 58.9 Å². The van der Waals surface area contributed by atoms with E-state index in [9.17, 15) is 9.90 Å². The third-order valence-electron chi connectivity index (χ3n) is 2.64. The largest absolute Gasteiger partial charge is 0.507 e. The van der Waals surface area contributed by atoms with Crippen molar-refractivity contribution in [2.75, 3.05) is 7.11 Å². The van der Waals surface area contributed by atoms with Gasteiger partial charge in [-0.1, -0.05) is 23.7 Å². The van der Waals surface area contributed by atoms with E-state index in [0.29, 0.717) is 21.8 Å². The van der Waals surface area contributed by atoms with E-state index in [1.807, 2.05) is 0 Å². The molecule has 0 radical (unpaired) electrons. The van der Waals surface area contributed by atoms with Crippen LogP contribution in [-0.4, -0.2) is 24.4 Å². The molecule has 4 nitrogen and oxygen atoms in total. The zero-order valence-corrected chi connectivity index (χ0v) is 11.5. The molecule has 2 aromatic carbocycles. The van der Waals surface area contributed by atoms with Gasteiger partial charge in [-0.2, -0.15) is 0 Å². The summed E-state index contributed by atoms with van der Waals surface area (Å²) in [4.78, 5) is 15.8. The number of phenols is 1. The third kappa shape index (κ3) is 3.16. The highest BCUT2D eigenvalue weighted by atomic mass is 35.5. The predicted octanol–water partition coefficient (Wildman–Crippen LogP) is 3.58. The summed E-state index contributed by atoms with van der Waals surface area (Å²) in [7, 11) is 1.31. The van der Waals surface area contributed by atoms with E-state index in [1.165, 1.54) is 19.4 Å². The summed E-state index contributed by atoms with van der Waals surface area (Å²) in [5.41, 5.74) is 1.28. The summed E-state index contributed by atoms with van der Waals surface area (Å²) < 4.78 is 4.69. The van der Waals surface area contributed by atoms with Crippen LogP contribution in [0.3, 0.4) is 0 Å². The highest BCUT2D eigenvalue weighted by molar-refractivity contribution is 6.30. The van der Waals surface area contributed by atoms with Crippen molar-refractivity contribution in [3.8, 4) is 5.75 Å². The number of esters is 1. The van der Waals surface area contributed by atoms with E-state index in [4.69, 9.17) is 11.6 Å². The molecule has 0 aliphatic rings. The van der Waals surface area contributed by atoms with Crippen LogP contribution in [0.15, 0.2) is 47.5 Å². The van der Waals surface area contributed by atoms with Crippen LogP contribution in [0.4, 0.5) is 5.69 Å². The van der Waals surface area contributed by atoms with E-state index in [-0.39, 0.29) is 5.75 Å². The van der Waals surface area contributed by atoms with Crippen molar-refractivity contribution < 1.29 is 14.6 Å². The normalized spacial score (nSPS) is 10.7. The summed E-state index contributed by atoms with van der Waals surface area (Å²) in [6.07, 6.45) is 1.45. The zero-order valence-electron chi connectivity index (χ0n) is 10.7. The molecule has 0 spiro atoms. The van der Waals surface area contributed by atoms with Crippen LogP contribution < -0.4 is 0 Å². The second-order valence-electron chi connectivity index (χ2n) is 3.97. The molecule has 0 saturated carbocycles. The number of hydrogen-bond donors (Lipinski definition) is 1. The van der Waals surface area contributed by atoms with Gasteiger partial charge < -0.3 is 9.84 Å². The van der Waals surface area contributed by atoms with Crippen LogP contribution in [0.25, 0.3) is 0 Å². The average molecular weight is 290 g/mol. The monoisotopic (exact) mass is 289 g/mol. The van der Waals surface area contributed by atoms with Crippen molar-refractivity contribution in [1.29, 1.82) is 0 Å². The van der Waals surface area contributed by atoms with Crippen LogP contribution in [0.1, 0.15) is 15.9 Å². The number of hydrogen-bond acceptors (Lipinski definition) is 4. The number of para-hydroxylation sites is 1. The molecule has 1 N–H and O–H groups in total. The van der Waals surface area contributed by atoms with Gasteiger partial charge in [0.15, 0.2) is 0 Å². The van der Waals surface area contributed by atoms with Crippen molar-refractivity contribution in [3.63, 3.8) is 0 Å². The van der Waals surface area contributed by atoms with Crippen molar-refractivity contribution in [2.24, 2.45) is 4.99 Å². The maximum Gasteiger partial charge on any atom is 0.340 e. The molecule has 0 heterocycles. The van der Waals surface area contributed by atoms with Gasteiger partial charge in [-0.3, -0.25) is 4.99 Å². The lowest BCUT2D eigenvalue weighted by Crippen LogP contribution is -2.01. The minimum absolute atomic E-state index is 0.0636. The van der Waals surface area contributed by atoms with E-state index >= 15 is 0 Å². The molecule has 0 unspecified atom stereocenters. The molecule has 0 aliphatic heterocycles. The van der Waals surface area contributed by atoms with Crippen LogP contribution in [-0.2, 0) is 4.74 Å². The average Bonchev–Trinajstić information content (AvgIpc) is 2.47. The Kier molecular flexibility index (Phi) is 4.38. The fourth-order valence-electron chi connectivity index (χ4n) is 1.64. The van der Waals surface area contributed by atoms with E-state index in [1.54, 1.807) is 36.4 Å². The van der Waals surface area contributed by atoms with Crippen molar-refractivity contribution in [1.82, 2.24) is 0 Å². The first-order valence-corrected chi connectivity index (χ1v) is 6.19. The number of rotatable bonds is 3. The molecular weight excluding hydrogens is 278 g/mol. The molecule has 2 rings (SSSR count). The number of carbonyl (C=O) groups is 1. The maximum atomic E-state index is 11.6. The second kappa shape index (κ2) is 6.21. The van der Waals surface area contributed by atoms with Crippen LogP contribution >= 0.6 is 11.6 Å². The maximum absolute atomic E-state index is 11.6. The van der Waals surface area contributed by atoms with Crippen LogP contribution in [0.2, 0.25) is 5.02 Å². The quantitative estimate of drug-likeness (QED) is 0.694. The molecule has 20 heavy (non-hydrogen) atoms. The van der Waals surface area contributed by atoms with E-state index < -0.39 is 5.97 Å². The number of aromatic hydroxyl groups is 1. The molecule has 0 aromatic heterocycles. The summed E-state index contributed by atoms with van der Waals surface area (Å²) in [6.45, 7) is 0. The predicted molar refractivity (Wildman–Crippen MR) is 78.2 cm³/mol. The number of nitrogens with zero attached hydrogens (tertiary/aromatic N) is 1. The van der Waals surface area contributed by atoms with Gasteiger partial charge in [-0.15, -0.1) is 0 Å². The second-order valence-corrected chi connectivity index (χ2v) is 4.41. The molecule has 102 valence electrons. The fraction of sp³-hybridized carbons (Fsp3) is 0.0667. The standard InChI is InChI=1S/C15H12ClNO3/c1-20-15(19)12-4-2-3-5-13(12)17-9-10-8-11(16)6-7-14(10)18/h2-9,18H,1H3. The number of aliphatic imine (C=N–C) groups is 1. The van der Waals surface area contributed by atoms with Gasteiger partial charge in [0.25, 0.3) is 0 Å². The van der Waals surface area contributed by atoms with Gasteiger partial charge in [0.1, 0.15) is 5.75 Å². The Hall–Kier alpha value is -2.33. The minimum Gasteiger partial charge on any atom is -0.507 e. The summed E-state index contributed by atoms with van der Waals surface area (Å²) in [6, 6.07) is 11.4. The van der Waals surface area contributed by atoms with Gasteiger partial charge in [0.2, 0.25) is 0 Å². The van der Waals surface area contributed by atoms with Crippen molar-refractivity contribution >= 4 is 29.5 Å². The zero-order chi connectivity index (χ0) is 14.5. The number of halogens is 1. The first-order valence-electron chi connectivity index (χ1n) is 5.81. The number of ether oxygens (including phenoxy) is 1. The van der Waals surface area contributed by atoms with Gasteiger partial charge >= 0.3 is 5.97 Å². The minimum atomic E-state index is -0.465. The van der Waals surface area contributed by atoms with Gasteiger partial charge in [0.05, 0.1) is 18.4 Å². The van der Waals surface area contributed by atoms with Gasteiger partial charge in [-0.05, 0) is 30.3 Å². The van der Waals surface area contributed by atoms with E-state index in [2.05, 4.69) is 9.73 Å². The first-order chi connectivity index (χ1) is 9.61. The lowest BCUT2D eigenvalue weighted by molar-refractivity contribution is 0.0601. The molecule has 5 heteroatoms. The molecule has 0 amide bonds. The van der Waals surface area contributed by atoms with Gasteiger partial charge in [0, 0.05) is 16.8 Å². The lowest BCUT2D eigenvalue weighted by atomic mass is 10.2. The first kappa shape index (κ1) is 14.1. The fourth-order valence-corrected chi connectivity index (χ4v) is 1.82. The molecular formula is C15H12ClNO3. The Labute approximate surface area is 121 Å². The summed E-state index contributed by atoms with van der Waals surface area (Å²) in [5, 5.41) is 10.2. The molecule has 0 bridgehead atoms. The Balaban J connectivity index is 2.37. The molecule has 2 aromatic rings. The Bertz CT molecular complexity index is 668. The number of benzene rings is 2. The van der Waals surface area contributed by atoms with Gasteiger partial charge in [-0.25, -0.2) is 4.79 Å².